The van der Waals surface area contributed by atoms with E-state index in [1.807, 2.05) is 6.92 Å². The second-order valence-electron chi connectivity index (χ2n) is 4.07. The Bertz CT molecular complexity index is 139. The van der Waals surface area contributed by atoms with Crippen molar-refractivity contribution in [1.82, 2.24) is 0 Å². The Morgan fingerprint density at radius 2 is 2.08 bits per heavy atom. The Morgan fingerprint density at radius 1 is 1.42 bits per heavy atom. The third kappa shape index (κ3) is 2.44. The highest BCUT2D eigenvalue weighted by atomic mass is 16.9. The molecule has 0 aliphatic carbocycles. The number of hydrogen-bond donors (Lipinski definition) is 0. The Labute approximate surface area is 74.0 Å². The molecule has 1 saturated heterocycles. The normalized spacial score (nSPS) is 31.0. The van der Waals surface area contributed by atoms with Gasteiger partial charge in [0, 0.05) is 6.61 Å². The standard InChI is InChI=1S/C9H18O3/c1-5-10-8-11-6-7(12-8)9(2,3)4/h7-8H,5-6H2,1-4H3. The molecule has 12 heavy (non-hydrogen) atoms. The minimum Gasteiger partial charge on any atom is -0.330 e. The first kappa shape index (κ1) is 9.96. The van der Waals surface area contributed by atoms with Crippen LogP contribution in [0.5, 0.6) is 0 Å². The van der Waals surface area contributed by atoms with Gasteiger partial charge in [0.05, 0.1) is 12.7 Å². The largest absolute Gasteiger partial charge is 0.330 e. The van der Waals surface area contributed by atoms with Crippen LogP contribution < -0.4 is 0 Å². The smallest absolute Gasteiger partial charge is 0.272 e. The van der Waals surface area contributed by atoms with E-state index in [-0.39, 0.29) is 11.5 Å². The van der Waals surface area contributed by atoms with E-state index in [1.54, 1.807) is 0 Å². The molecule has 1 aliphatic heterocycles. The maximum atomic E-state index is 5.52. The minimum atomic E-state index is -0.445. The first-order valence-electron chi connectivity index (χ1n) is 4.42. The molecule has 0 radical (unpaired) electrons. The molecule has 0 aromatic carbocycles. The first-order valence-corrected chi connectivity index (χ1v) is 4.42. The summed E-state index contributed by atoms with van der Waals surface area (Å²) in [5.74, 6) is 0. The number of ether oxygens (including phenoxy) is 3. The molecule has 0 aromatic rings. The van der Waals surface area contributed by atoms with Crippen LogP contribution in [0.1, 0.15) is 27.7 Å². The van der Waals surface area contributed by atoms with Crippen molar-refractivity contribution in [2.75, 3.05) is 13.2 Å². The van der Waals surface area contributed by atoms with Crippen LogP contribution in [0.25, 0.3) is 0 Å². The van der Waals surface area contributed by atoms with Gasteiger partial charge in [-0.3, -0.25) is 0 Å². The van der Waals surface area contributed by atoms with E-state index in [2.05, 4.69) is 20.8 Å². The summed E-state index contributed by atoms with van der Waals surface area (Å²) in [5.41, 5.74) is 0.131. The molecule has 72 valence electrons. The molecule has 0 spiro atoms. The molecule has 1 rings (SSSR count). The van der Waals surface area contributed by atoms with Crippen molar-refractivity contribution in [3.63, 3.8) is 0 Å². The number of rotatable bonds is 2. The summed E-state index contributed by atoms with van der Waals surface area (Å²) >= 11 is 0. The molecule has 0 N–H and O–H groups in total. The molecule has 1 heterocycles. The average molecular weight is 174 g/mol. The molecule has 3 heteroatoms. The van der Waals surface area contributed by atoms with Crippen molar-refractivity contribution in [2.24, 2.45) is 5.41 Å². The summed E-state index contributed by atoms with van der Waals surface area (Å²) in [6.07, 6.45) is 0.147. The molecule has 2 atom stereocenters. The maximum Gasteiger partial charge on any atom is 0.272 e. The van der Waals surface area contributed by atoms with Gasteiger partial charge >= 0.3 is 0 Å². The predicted molar refractivity (Wildman–Crippen MR) is 45.7 cm³/mol. The van der Waals surface area contributed by atoms with Gasteiger partial charge in [-0.25, -0.2) is 0 Å². The lowest BCUT2D eigenvalue weighted by molar-refractivity contribution is -0.240. The Balaban J connectivity index is 2.35. The van der Waals surface area contributed by atoms with Gasteiger partial charge in [-0.2, -0.15) is 0 Å². The van der Waals surface area contributed by atoms with E-state index in [1.165, 1.54) is 0 Å². The predicted octanol–water partition coefficient (Wildman–Crippen LogP) is 1.77. The van der Waals surface area contributed by atoms with Gasteiger partial charge in [-0.1, -0.05) is 20.8 Å². The van der Waals surface area contributed by atoms with Crippen LogP contribution in [0.15, 0.2) is 0 Å². The van der Waals surface area contributed by atoms with Crippen molar-refractivity contribution in [1.29, 1.82) is 0 Å². The van der Waals surface area contributed by atoms with Crippen LogP contribution in [0.3, 0.4) is 0 Å². The zero-order chi connectivity index (χ0) is 9.19. The topological polar surface area (TPSA) is 27.7 Å². The molecule has 2 unspecified atom stereocenters. The highest BCUT2D eigenvalue weighted by molar-refractivity contribution is 4.76. The van der Waals surface area contributed by atoms with Crippen molar-refractivity contribution >= 4 is 0 Å². The highest BCUT2D eigenvalue weighted by Crippen LogP contribution is 2.28. The summed E-state index contributed by atoms with van der Waals surface area (Å²) < 4.78 is 16.0. The second kappa shape index (κ2) is 3.73. The van der Waals surface area contributed by atoms with Crippen LogP contribution >= 0.6 is 0 Å². The molecule has 1 aliphatic rings. The fraction of sp³-hybridized carbons (Fsp3) is 1.00. The van der Waals surface area contributed by atoms with E-state index >= 15 is 0 Å². The molecule has 0 bridgehead atoms. The van der Waals surface area contributed by atoms with E-state index < -0.39 is 6.48 Å². The fourth-order valence-electron chi connectivity index (χ4n) is 1.06. The summed E-state index contributed by atoms with van der Waals surface area (Å²) in [5, 5.41) is 0. The molecular formula is C9H18O3. The minimum absolute atomic E-state index is 0.131. The molecule has 0 aromatic heterocycles. The SMILES string of the molecule is CCOC1OCC(C(C)(C)C)O1. The van der Waals surface area contributed by atoms with Gasteiger partial charge in [0.25, 0.3) is 6.48 Å². The monoisotopic (exact) mass is 174 g/mol. The Morgan fingerprint density at radius 3 is 2.50 bits per heavy atom. The van der Waals surface area contributed by atoms with Gasteiger partial charge in [0.2, 0.25) is 0 Å². The lowest BCUT2D eigenvalue weighted by Crippen LogP contribution is -2.29. The van der Waals surface area contributed by atoms with Crippen molar-refractivity contribution in [2.45, 2.75) is 40.3 Å². The Kier molecular flexibility index (Phi) is 3.09. The van der Waals surface area contributed by atoms with Crippen LogP contribution in [-0.4, -0.2) is 25.8 Å². The van der Waals surface area contributed by atoms with Crippen molar-refractivity contribution in [3.05, 3.63) is 0 Å². The van der Waals surface area contributed by atoms with Crippen LogP contribution in [0, 0.1) is 5.41 Å². The van der Waals surface area contributed by atoms with Gasteiger partial charge in [0.1, 0.15) is 0 Å². The quantitative estimate of drug-likeness (QED) is 0.638. The van der Waals surface area contributed by atoms with E-state index in [0.717, 1.165) is 0 Å². The molecule has 1 fully saturated rings. The third-order valence-corrected chi connectivity index (χ3v) is 1.93. The third-order valence-electron chi connectivity index (χ3n) is 1.93. The van der Waals surface area contributed by atoms with Crippen LogP contribution in [0.2, 0.25) is 0 Å². The fourth-order valence-corrected chi connectivity index (χ4v) is 1.06. The van der Waals surface area contributed by atoms with Gasteiger partial charge in [-0.05, 0) is 12.3 Å². The molecule has 3 nitrogen and oxygen atoms in total. The average Bonchev–Trinajstić information content (AvgIpc) is 2.35. The summed E-state index contributed by atoms with van der Waals surface area (Å²) in [7, 11) is 0. The maximum absolute atomic E-state index is 5.52. The van der Waals surface area contributed by atoms with Crippen LogP contribution in [0.4, 0.5) is 0 Å². The van der Waals surface area contributed by atoms with Gasteiger partial charge in [-0.15, -0.1) is 0 Å². The zero-order valence-electron chi connectivity index (χ0n) is 8.29. The second-order valence-corrected chi connectivity index (χ2v) is 4.07. The van der Waals surface area contributed by atoms with Crippen molar-refractivity contribution in [3.8, 4) is 0 Å². The molecule has 0 saturated carbocycles. The van der Waals surface area contributed by atoms with Crippen molar-refractivity contribution < 1.29 is 14.2 Å². The highest BCUT2D eigenvalue weighted by Gasteiger charge is 2.34. The zero-order valence-corrected chi connectivity index (χ0v) is 8.29. The van der Waals surface area contributed by atoms with E-state index in [4.69, 9.17) is 14.2 Å². The van der Waals surface area contributed by atoms with Gasteiger partial charge < -0.3 is 14.2 Å². The Hall–Kier alpha value is -0.120. The first-order chi connectivity index (χ1) is 5.54. The van der Waals surface area contributed by atoms with Crippen LogP contribution in [-0.2, 0) is 14.2 Å². The summed E-state index contributed by atoms with van der Waals surface area (Å²) in [6, 6.07) is 0. The molecular weight excluding hydrogens is 156 g/mol. The summed E-state index contributed by atoms with van der Waals surface area (Å²) in [6.45, 7) is 9.15. The van der Waals surface area contributed by atoms with Gasteiger partial charge in [0.15, 0.2) is 0 Å². The summed E-state index contributed by atoms with van der Waals surface area (Å²) in [4.78, 5) is 0. The lowest BCUT2D eigenvalue weighted by Gasteiger charge is -2.24. The van der Waals surface area contributed by atoms with E-state index in [0.29, 0.717) is 13.2 Å². The van der Waals surface area contributed by atoms with E-state index in [9.17, 15) is 0 Å². The number of hydrogen-bond acceptors (Lipinski definition) is 3. The molecule has 0 amide bonds. The lowest BCUT2D eigenvalue weighted by atomic mass is 9.90.